The molecule has 88 valence electrons. The molecule has 0 heterocycles. The van der Waals surface area contributed by atoms with E-state index < -0.39 is 5.41 Å². The topological polar surface area (TPSA) is 26.3 Å². The van der Waals surface area contributed by atoms with Gasteiger partial charge in [-0.2, -0.15) is 0 Å². The third kappa shape index (κ3) is 3.33. The second-order valence-electron chi connectivity index (χ2n) is 4.87. The summed E-state index contributed by atoms with van der Waals surface area (Å²) >= 11 is 0. The molecule has 0 bridgehead atoms. The summed E-state index contributed by atoms with van der Waals surface area (Å²) in [6, 6.07) is 4.25. The highest BCUT2D eigenvalue weighted by atomic mass is 19.1. The van der Waals surface area contributed by atoms with Crippen molar-refractivity contribution in [2.45, 2.75) is 27.7 Å². The van der Waals surface area contributed by atoms with Crippen LogP contribution >= 0.6 is 0 Å². The van der Waals surface area contributed by atoms with Gasteiger partial charge in [-0.05, 0) is 30.7 Å². The molecule has 0 amide bonds. The first-order chi connectivity index (χ1) is 7.30. The van der Waals surface area contributed by atoms with Crippen LogP contribution in [0.4, 0.5) is 4.39 Å². The summed E-state index contributed by atoms with van der Waals surface area (Å²) in [6.45, 7) is 7.30. The molecular weight excluding hydrogens is 207 g/mol. The summed E-state index contributed by atoms with van der Waals surface area (Å²) < 4.78 is 18.2. The summed E-state index contributed by atoms with van der Waals surface area (Å²) in [5, 5.41) is 0. The monoisotopic (exact) mass is 224 g/mol. The molecular formula is C13H17FO2. The normalized spacial score (nSPS) is 11.3. The van der Waals surface area contributed by atoms with Gasteiger partial charge in [-0.1, -0.05) is 20.8 Å². The summed E-state index contributed by atoms with van der Waals surface area (Å²) in [7, 11) is 0. The lowest BCUT2D eigenvalue weighted by molar-refractivity contribution is -0.128. The zero-order valence-electron chi connectivity index (χ0n) is 10.1. The number of aryl methyl sites for hydroxylation is 1. The first-order valence-corrected chi connectivity index (χ1v) is 5.23. The van der Waals surface area contributed by atoms with Crippen molar-refractivity contribution in [3.8, 4) is 5.75 Å². The maximum absolute atomic E-state index is 12.8. The molecule has 0 unspecified atom stereocenters. The minimum absolute atomic E-state index is 0.0238. The highest BCUT2D eigenvalue weighted by Gasteiger charge is 2.21. The van der Waals surface area contributed by atoms with Crippen molar-refractivity contribution < 1.29 is 13.9 Å². The Hall–Kier alpha value is -1.38. The Morgan fingerprint density at radius 2 is 2.00 bits per heavy atom. The number of hydrogen-bond donors (Lipinski definition) is 0. The number of benzene rings is 1. The second-order valence-corrected chi connectivity index (χ2v) is 4.87. The van der Waals surface area contributed by atoms with Gasteiger partial charge in [-0.15, -0.1) is 0 Å². The van der Waals surface area contributed by atoms with E-state index in [4.69, 9.17) is 4.74 Å². The number of halogens is 1. The Kier molecular flexibility index (Phi) is 3.68. The summed E-state index contributed by atoms with van der Waals surface area (Å²) in [5.41, 5.74) is 0.287. The van der Waals surface area contributed by atoms with Crippen molar-refractivity contribution in [1.82, 2.24) is 0 Å². The number of hydrogen-bond acceptors (Lipinski definition) is 2. The van der Waals surface area contributed by atoms with E-state index in [2.05, 4.69) is 0 Å². The van der Waals surface area contributed by atoms with Gasteiger partial charge in [0.2, 0.25) is 0 Å². The lowest BCUT2D eigenvalue weighted by Gasteiger charge is -2.17. The van der Waals surface area contributed by atoms with Gasteiger partial charge in [-0.3, -0.25) is 4.79 Å². The van der Waals surface area contributed by atoms with Crippen molar-refractivity contribution in [1.29, 1.82) is 0 Å². The Morgan fingerprint density at radius 3 is 2.50 bits per heavy atom. The SMILES string of the molecule is Cc1cc(F)ccc1OCC(=O)C(C)(C)C. The fraction of sp³-hybridized carbons (Fsp3) is 0.462. The van der Waals surface area contributed by atoms with Crippen LogP contribution in [0.1, 0.15) is 26.3 Å². The molecule has 0 N–H and O–H groups in total. The van der Waals surface area contributed by atoms with E-state index in [-0.39, 0.29) is 18.2 Å². The first kappa shape index (κ1) is 12.7. The number of carbonyl (C=O) groups is 1. The van der Waals surface area contributed by atoms with Crippen LogP contribution in [-0.2, 0) is 4.79 Å². The van der Waals surface area contributed by atoms with E-state index in [1.807, 2.05) is 20.8 Å². The zero-order valence-corrected chi connectivity index (χ0v) is 10.1. The third-order valence-corrected chi connectivity index (χ3v) is 2.33. The van der Waals surface area contributed by atoms with Gasteiger partial charge in [0.1, 0.15) is 18.2 Å². The van der Waals surface area contributed by atoms with E-state index in [1.165, 1.54) is 12.1 Å². The van der Waals surface area contributed by atoms with Gasteiger partial charge in [0.25, 0.3) is 0 Å². The second kappa shape index (κ2) is 4.64. The molecule has 0 atom stereocenters. The minimum atomic E-state index is -0.409. The average Bonchev–Trinajstić information content (AvgIpc) is 2.14. The van der Waals surface area contributed by atoms with Crippen LogP contribution in [0.5, 0.6) is 5.75 Å². The van der Waals surface area contributed by atoms with Crippen LogP contribution in [0.15, 0.2) is 18.2 Å². The molecule has 0 radical (unpaired) electrons. The molecule has 1 rings (SSSR count). The van der Waals surface area contributed by atoms with E-state index >= 15 is 0 Å². The standard InChI is InChI=1S/C13H17FO2/c1-9-7-10(14)5-6-11(9)16-8-12(15)13(2,3)4/h5-7H,8H2,1-4H3. The van der Waals surface area contributed by atoms with Crippen molar-refractivity contribution in [3.63, 3.8) is 0 Å². The van der Waals surface area contributed by atoms with Gasteiger partial charge in [-0.25, -0.2) is 4.39 Å². The van der Waals surface area contributed by atoms with Crippen LogP contribution in [0.25, 0.3) is 0 Å². The lowest BCUT2D eigenvalue weighted by Crippen LogP contribution is -2.26. The van der Waals surface area contributed by atoms with E-state index in [0.717, 1.165) is 0 Å². The molecule has 2 nitrogen and oxygen atoms in total. The van der Waals surface area contributed by atoms with Crippen LogP contribution in [0, 0.1) is 18.2 Å². The lowest BCUT2D eigenvalue weighted by atomic mass is 9.91. The highest BCUT2D eigenvalue weighted by molar-refractivity contribution is 5.85. The average molecular weight is 224 g/mol. The minimum Gasteiger partial charge on any atom is -0.486 e. The van der Waals surface area contributed by atoms with E-state index in [1.54, 1.807) is 13.0 Å². The number of ketones is 1. The molecule has 0 aliphatic carbocycles. The highest BCUT2D eigenvalue weighted by Crippen LogP contribution is 2.20. The van der Waals surface area contributed by atoms with Crippen LogP contribution in [0.2, 0.25) is 0 Å². The summed E-state index contributed by atoms with van der Waals surface area (Å²) in [6.07, 6.45) is 0. The molecule has 1 aromatic rings. The number of Topliss-reactive ketones (excluding diaryl/α,β-unsaturated/α-hetero) is 1. The third-order valence-electron chi connectivity index (χ3n) is 2.33. The number of ether oxygens (including phenoxy) is 1. The molecule has 16 heavy (non-hydrogen) atoms. The number of rotatable bonds is 3. The summed E-state index contributed by atoms with van der Waals surface area (Å²) in [5.74, 6) is 0.280. The Labute approximate surface area is 95.4 Å². The molecule has 0 saturated heterocycles. The van der Waals surface area contributed by atoms with Gasteiger partial charge in [0.15, 0.2) is 5.78 Å². The molecule has 0 fully saturated rings. The van der Waals surface area contributed by atoms with Crippen molar-refractivity contribution in [2.75, 3.05) is 6.61 Å². The number of carbonyl (C=O) groups excluding carboxylic acids is 1. The molecule has 0 aromatic heterocycles. The molecule has 0 spiro atoms. The van der Waals surface area contributed by atoms with Gasteiger partial charge in [0.05, 0.1) is 0 Å². The molecule has 3 heteroatoms. The van der Waals surface area contributed by atoms with Crippen molar-refractivity contribution in [3.05, 3.63) is 29.6 Å². The summed E-state index contributed by atoms with van der Waals surface area (Å²) in [4.78, 5) is 11.6. The van der Waals surface area contributed by atoms with Crippen LogP contribution in [-0.4, -0.2) is 12.4 Å². The Bertz CT molecular complexity index is 391. The largest absolute Gasteiger partial charge is 0.486 e. The van der Waals surface area contributed by atoms with Gasteiger partial charge >= 0.3 is 0 Å². The van der Waals surface area contributed by atoms with Crippen molar-refractivity contribution >= 4 is 5.78 Å². The fourth-order valence-corrected chi connectivity index (χ4v) is 1.13. The molecule has 0 saturated carbocycles. The maximum Gasteiger partial charge on any atom is 0.175 e. The van der Waals surface area contributed by atoms with E-state index in [9.17, 15) is 9.18 Å². The van der Waals surface area contributed by atoms with E-state index in [0.29, 0.717) is 11.3 Å². The molecule has 0 aliphatic heterocycles. The van der Waals surface area contributed by atoms with Crippen LogP contribution < -0.4 is 4.74 Å². The Morgan fingerprint density at radius 1 is 1.38 bits per heavy atom. The quantitative estimate of drug-likeness (QED) is 0.788. The smallest absolute Gasteiger partial charge is 0.175 e. The maximum atomic E-state index is 12.8. The Balaban J connectivity index is 2.65. The fourth-order valence-electron chi connectivity index (χ4n) is 1.13. The first-order valence-electron chi connectivity index (χ1n) is 5.23. The van der Waals surface area contributed by atoms with Crippen molar-refractivity contribution in [2.24, 2.45) is 5.41 Å². The van der Waals surface area contributed by atoms with Gasteiger partial charge < -0.3 is 4.74 Å². The predicted octanol–water partition coefficient (Wildman–Crippen LogP) is 3.13. The van der Waals surface area contributed by atoms with Gasteiger partial charge in [0, 0.05) is 5.41 Å². The van der Waals surface area contributed by atoms with Crippen LogP contribution in [0.3, 0.4) is 0 Å². The predicted molar refractivity (Wildman–Crippen MR) is 61.1 cm³/mol. The molecule has 0 aliphatic rings. The molecule has 1 aromatic carbocycles. The zero-order chi connectivity index (χ0) is 12.3.